The average Bonchev–Trinajstić information content (AvgIpc) is 3.00. The maximum absolute atomic E-state index is 13.3. The summed E-state index contributed by atoms with van der Waals surface area (Å²) in [6.07, 6.45) is 4.89. The molecule has 3 aliphatic rings. The van der Waals surface area contributed by atoms with Gasteiger partial charge in [0.2, 0.25) is 5.91 Å². The van der Waals surface area contributed by atoms with Crippen LogP contribution in [-0.2, 0) is 30.4 Å². The number of piperidine rings is 1. The molecule has 1 saturated carbocycles. The van der Waals surface area contributed by atoms with Gasteiger partial charge in [-0.25, -0.2) is 0 Å². The Morgan fingerprint density at radius 3 is 2.58 bits per heavy atom. The van der Waals surface area contributed by atoms with Crippen molar-refractivity contribution >= 4 is 5.91 Å². The fourth-order valence-electron chi connectivity index (χ4n) is 5.18. The molecule has 4 nitrogen and oxygen atoms in total. The summed E-state index contributed by atoms with van der Waals surface area (Å²) in [5.74, 6) is 0.505. The third kappa shape index (κ3) is 3.25. The molecule has 1 aliphatic heterocycles. The van der Waals surface area contributed by atoms with E-state index in [0.717, 1.165) is 38.6 Å². The van der Waals surface area contributed by atoms with Crippen molar-refractivity contribution in [2.24, 2.45) is 5.92 Å². The molecule has 1 amide bonds. The molecule has 2 unspecified atom stereocenters. The summed E-state index contributed by atoms with van der Waals surface area (Å²) in [6, 6.07) is 0.276. The van der Waals surface area contributed by atoms with Crippen LogP contribution in [0.3, 0.4) is 0 Å². The molecule has 7 heteroatoms. The van der Waals surface area contributed by atoms with Gasteiger partial charge in [0, 0.05) is 23.8 Å². The Morgan fingerprint density at radius 1 is 1.04 bits per heavy atom. The minimum Gasteiger partial charge on any atom is -0.338 e. The highest BCUT2D eigenvalue weighted by molar-refractivity contribution is 5.76. The van der Waals surface area contributed by atoms with Crippen molar-refractivity contribution in [2.75, 3.05) is 6.54 Å². The Morgan fingerprint density at radius 2 is 1.77 bits per heavy atom. The number of likely N-dealkylation sites (tertiary alicyclic amines) is 1. The molecule has 144 valence electrons. The lowest BCUT2D eigenvalue weighted by Gasteiger charge is -2.44. The lowest BCUT2D eigenvalue weighted by atomic mass is 9.78. The average molecular weight is 369 g/mol. The van der Waals surface area contributed by atoms with Crippen molar-refractivity contribution < 1.29 is 18.0 Å². The van der Waals surface area contributed by atoms with Crippen molar-refractivity contribution in [3.05, 3.63) is 17.0 Å². The third-order valence-electron chi connectivity index (χ3n) is 6.37. The number of carbonyl (C=O) groups excluding carboxylic acids is 1. The predicted molar refractivity (Wildman–Crippen MR) is 90.6 cm³/mol. The van der Waals surface area contributed by atoms with E-state index in [-0.39, 0.29) is 18.5 Å². The van der Waals surface area contributed by atoms with Crippen LogP contribution in [0, 0.1) is 5.92 Å². The summed E-state index contributed by atoms with van der Waals surface area (Å²) >= 11 is 0. The molecule has 0 spiro atoms. The van der Waals surface area contributed by atoms with E-state index in [2.05, 4.69) is 5.10 Å². The highest BCUT2D eigenvalue weighted by Gasteiger charge is 2.40. The van der Waals surface area contributed by atoms with Crippen LogP contribution in [-0.4, -0.2) is 33.2 Å². The number of alkyl halides is 3. The smallest absolute Gasteiger partial charge is 0.338 e. The van der Waals surface area contributed by atoms with Crippen molar-refractivity contribution in [1.29, 1.82) is 0 Å². The van der Waals surface area contributed by atoms with E-state index in [4.69, 9.17) is 0 Å². The number of halogens is 3. The fraction of sp³-hybridized carbons (Fsp3) is 0.789. The molecule has 0 bridgehead atoms. The van der Waals surface area contributed by atoms with Crippen molar-refractivity contribution in [2.45, 2.75) is 83.0 Å². The first-order valence-corrected chi connectivity index (χ1v) is 9.90. The molecule has 0 N–H and O–H groups in total. The van der Waals surface area contributed by atoms with Crippen LogP contribution >= 0.6 is 0 Å². The van der Waals surface area contributed by atoms with Gasteiger partial charge in [-0.15, -0.1) is 0 Å². The van der Waals surface area contributed by atoms with Crippen LogP contribution in [0.1, 0.15) is 68.3 Å². The number of hydrogen-bond donors (Lipinski definition) is 0. The molecule has 2 atom stereocenters. The summed E-state index contributed by atoms with van der Waals surface area (Å²) < 4.78 is 41.3. The Labute approximate surface area is 151 Å². The first-order valence-electron chi connectivity index (χ1n) is 9.90. The van der Waals surface area contributed by atoms with Gasteiger partial charge in [-0.1, -0.05) is 12.8 Å². The monoisotopic (exact) mass is 369 g/mol. The van der Waals surface area contributed by atoms with E-state index in [1.165, 1.54) is 23.9 Å². The van der Waals surface area contributed by atoms with Gasteiger partial charge >= 0.3 is 6.18 Å². The quantitative estimate of drug-likeness (QED) is 0.791. The van der Waals surface area contributed by atoms with Gasteiger partial charge in [0.05, 0.1) is 0 Å². The molecule has 0 radical (unpaired) electrons. The standard InChI is InChI=1S/C19H26F3N3O/c20-19(21,22)18-14-8-2-4-10-16(14)25(23-18)12-17(26)24-11-5-7-13-6-1-3-9-15(13)24/h13,15H,1-12H2. The van der Waals surface area contributed by atoms with Gasteiger partial charge in [-0.2, -0.15) is 18.3 Å². The molecule has 4 rings (SSSR count). The summed E-state index contributed by atoms with van der Waals surface area (Å²) in [4.78, 5) is 14.9. The second-order valence-electron chi connectivity index (χ2n) is 7.98. The first kappa shape index (κ1) is 17.9. The highest BCUT2D eigenvalue weighted by atomic mass is 19.4. The minimum absolute atomic E-state index is 0.0539. The molecule has 26 heavy (non-hydrogen) atoms. The molecule has 1 saturated heterocycles. The van der Waals surface area contributed by atoms with Crippen LogP contribution in [0.2, 0.25) is 0 Å². The highest BCUT2D eigenvalue weighted by Crippen LogP contribution is 2.37. The molecular weight excluding hydrogens is 343 g/mol. The van der Waals surface area contributed by atoms with Crippen LogP contribution < -0.4 is 0 Å². The van der Waals surface area contributed by atoms with Gasteiger partial charge < -0.3 is 4.90 Å². The zero-order valence-electron chi connectivity index (χ0n) is 15.0. The summed E-state index contributed by atoms with van der Waals surface area (Å²) in [7, 11) is 0. The minimum atomic E-state index is -4.45. The van der Waals surface area contributed by atoms with Crippen LogP contribution in [0.15, 0.2) is 0 Å². The second kappa shape index (κ2) is 6.89. The Bertz CT molecular complexity index is 680. The fourth-order valence-corrected chi connectivity index (χ4v) is 5.18. The molecule has 2 fully saturated rings. The predicted octanol–water partition coefficient (Wildman–Crippen LogP) is 3.96. The van der Waals surface area contributed by atoms with Gasteiger partial charge in [0.25, 0.3) is 0 Å². The number of rotatable bonds is 2. The normalized spacial score (nSPS) is 26.3. The molecular formula is C19H26F3N3O. The Balaban J connectivity index is 1.57. The SMILES string of the molecule is O=C(Cn1nc(C(F)(F)F)c2c1CCCC2)N1CCCC2CCCCC21. The number of hydrogen-bond acceptors (Lipinski definition) is 2. The van der Waals surface area contributed by atoms with E-state index in [1.807, 2.05) is 4.90 Å². The molecule has 1 aromatic heterocycles. The van der Waals surface area contributed by atoms with Crippen LogP contribution in [0.25, 0.3) is 0 Å². The number of amides is 1. The molecule has 0 aromatic carbocycles. The third-order valence-corrected chi connectivity index (χ3v) is 6.37. The van der Waals surface area contributed by atoms with E-state index in [1.54, 1.807) is 0 Å². The zero-order chi connectivity index (χ0) is 18.3. The Hall–Kier alpha value is -1.53. The lowest BCUT2D eigenvalue weighted by molar-refractivity contribution is -0.143. The van der Waals surface area contributed by atoms with Gasteiger partial charge in [-0.05, 0) is 57.3 Å². The number of aromatic nitrogens is 2. The molecule has 2 aliphatic carbocycles. The number of nitrogens with zero attached hydrogens (tertiary/aromatic N) is 3. The Kier molecular flexibility index (Phi) is 4.73. The van der Waals surface area contributed by atoms with Crippen molar-refractivity contribution in [3.8, 4) is 0 Å². The van der Waals surface area contributed by atoms with Crippen molar-refractivity contribution in [3.63, 3.8) is 0 Å². The van der Waals surface area contributed by atoms with Crippen LogP contribution in [0.4, 0.5) is 13.2 Å². The second-order valence-corrected chi connectivity index (χ2v) is 7.98. The van der Waals surface area contributed by atoms with E-state index >= 15 is 0 Å². The maximum Gasteiger partial charge on any atom is 0.435 e. The first-order chi connectivity index (χ1) is 12.4. The summed E-state index contributed by atoms with van der Waals surface area (Å²) in [6.45, 7) is 0.678. The van der Waals surface area contributed by atoms with E-state index in [0.29, 0.717) is 30.0 Å². The topological polar surface area (TPSA) is 38.1 Å². The van der Waals surface area contributed by atoms with E-state index in [9.17, 15) is 18.0 Å². The maximum atomic E-state index is 13.3. The largest absolute Gasteiger partial charge is 0.435 e. The van der Waals surface area contributed by atoms with Crippen LogP contribution in [0.5, 0.6) is 0 Å². The number of carbonyl (C=O) groups is 1. The van der Waals surface area contributed by atoms with Crippen molar-refractivity contribution in [1.82, 2.24) is 14.7 Å². The lowest BCUT2D eigenvalue weighted by Crippen LogP contribution is -2.50. The molecule has 2 heterocycles. The molecule has 1 aromatic rings. The van der Waals surface area contributed by atoms with Gasteiger partial charge in [-0.3, -0.25) is 9.48 Å². The number of fused-ring (bicyclic) bond motifs is 2. The van der Waals surface area contributed by atoms with Gasteiger partial charge in [0.15, 0.2) is 5.69 Å². The van der Waals surface area contributed by atoms with Gasteiger partial charge in [0.1, 0.15) is 6.54 Å². The zero-order valence-corrected chi connectivity index (χ0v) is 15.0. The summed E-state index contributed by atoms with van der Waals surface area (Å²) in [5, 5.41) is 3.85. The summed E-state index contributed by atoms with van der Waals surface area (Å²) in [5.41, 5.74) is 0.147. The van der Waals surface area contributed by atoms with E-state index < -0.39 is 11.9 Å².